The average molecular weight is 241 g/mol. The summed E-state index contributed by atoms with van der Waals surface area (Å²) in [6.07, 6.45) is -5.97. The summed E-state index contributed by atoms with van der Waals surface area (Å²) in [5.41, 5.74) is -1.64. The summed E-state index contributed by atoms with van der Waals surface area (Å²) in [7, 11) is 0. The predicted molar refractivity (Wildman–Crippen MR) is 49.8 cm³/mol. The Bertz CT molecular complexity index is 278. The van der Waals surface area contributed by atoms with Crippen LogP contribution in [-0.2, 0) is 9.59 Å². The number of carbonyl (C=O) groups excluding carboxylic acids is 1. The zero-order valence-corrected chi connectivity index (χ0v) is 9.02. The molecule has 7 heteroatoms. The van der Waals surface area contributed by atoms with Gasteiger partial charge in [0.2, 0.25) is 5.91 Å². The number of carboxylic acid groups (broad SMARTS) is 1. The molecule has 0 bridgehead atoms. The van der Waals surface area contributed by atoms with Gasteiger partial charge in [-0.1, -0.05) is 0 Å². The van der Waals surface area contributed by atoms with Crippen LogP contribution in [0.3, 0.4) is 0 Å². The number of alkyl halides is 3. The van der Waals surface area contributed by atoms with E-state index in [1.807, 2.05) is 0 Å². The highest BCUT2D eigenvalue weighted by Crippen LogP contribution is 2.25. The number of halogens is 3. The number of carboxylic acids is 1. The van der Waals surface area contributed by atoms with E-state index in [1.54, 1.807) is 0 Å². The number of rotatable bonds is 5. The van der Waals surface area contributed by atoms with E-state index < -0.39 is 30.0 Å². The van der Waals surface area contributed by atoms with Crippen LogP contribution in [0, 0.1) is 0 Å². The van der Waals surface area contributed by atoms with Crippen LogP contribution in [-0.4, -0.2) is 28.7 Å². The maximum absolute atomic E-state index is 11.9. The molecule has 0 spiro atoms. The maximum Gasteiger partial charge on any atom is 0.389 e. The number of hydrogen-bond donors (Lipinski definition) is 2. The molecular weight excluding hydrogens is 227 g/mol. The Labute approximate surface area is 90.8 Å². The third-order valence-electron chi connectivity index (χ3n) is 2.06. The fraction of sp³-hybridized carbons (Fsp3) is 0.778. The van der Waals surface area contributed by atoms with Gasteiger partial charge < -0.3 is 10.4 Å². The van der Waals surface area contributed by atoms with Gasteiger partial charge in [0, 0.05) is 13.3 Å². The molecular formula is C9H14F3NO3. The second-order valence-electron chi connectivity index (χ2n) is 3.79. The lowest BCUT2D eigenvalue weighted by molar-refractivity contribution is -0.149. The highest BCUT2D eigenvalue weighted by atomic mass is 19.4. The molecule has 0 aromatic rings. The van der Waals surface area contributed by atoms with Crippen molar-refractivity contribution in [2.24, 2.45) is 0 Å². The van der Waals surface area contributed by atoms with Crippen molar-refractivity contribution in [3.63, 3.8) is 0 Å². The lowest BCUT2D eigenvalue weighted by Gasteiger charge is -2.25. The summed E-state index contributed by atoms with van der Waals surface area (Å²) >= 11 is 0. The zero-order chi connectivity index (χ0) is 13.0. The van der Waals surface area contributed by atoms with E-state index in [0.717, 1.165) is 6.92 Å². The molecule has 2 N–H and O–H groups in total. The molecule has 94 valence electrons. The van der Waals surface area contributed by atoms with Crippen LogP contribution in [0.25, 0.3) is 0 Å². The average Bonchev–Trinajstić information content (AvgIpc) is 1.99. The topological polar surface area (TPSA) is 66.4 Å². The van der Waals surface area contributed by atoms with E-state index in [9.17, 15) is 22.8 Å². The first kappa shape index (κ1) is 14.7. The van der Waals surface area contributed by atoms with E-state index in [1.165, 1.54) is 6.92 Å². The molecule has 0 aromatic heterocycles. The van der Waals surface area contributed by atoms with Crippen molar-refractivity contribution in [1.29, 1.82) is 0 Å². The quantitative estimate of drug-likeness (QED) is 0.769. The summed E-state index contributed by atoms with van der Waals surface area (Å²) in [5, 5.41) is 11.0. The molecule has 0 fully saturated rings. The van der Waals surface area contributed by atoms with Crippen LogP contribution < -0.4 is 5.32 Å². The van der Waals surface area contributed by atoms with Gasteiger partial charge in [-0.05, 0) is 19.8 Å². The van der Waals surface area contributed by atoms with E-state index in [2.05, 4.69) is 5.32 Å². The summed E-state index contributed by atoms with van der Waals surface area (Å²) in [5.74, 6) is -1.93. The molecule has 0 aliphatic rings. The van der Waals surface area contributed by atoms with Crippen LogP contribution in [0.5, 0.6) is 0 Å². The molecule has 0 heterocycles. The highest BCUT2D eigenvalue weighted by Gasteiger charge is 2.35. The molecule has 1 atom stereocenters. The first-order valence-electron chi connectivity index (χ1n) is 4.66. The SMILES string of the molecule is CC(=O)NC(C)(CCCC(F)(F)F)C(=O)O. The zero-order valence-electron chi connectivity index (χ0n) is 9.02. The molecule has 4 nitrogen and oxygen atoms in total. The van der Waals surface area contributed by atoms with Crippen molar-refractivity contribution in [2.75, 3.05) is 0 Å². The van der Waals surface area contributed by atoms with Crippen LogP contribution in [0.15, 0.2) is 0 Å². The van der Waals surface area contributed by atoms with Gasteiger partial charge in [-0.25, -0.2) is 4.79 Å². The molecule has 0 radical (unpaired) electrons. The van der Waals surface area contributed by atoms with E-state index in [0.29, 0.717) is 0 Å². The fourth-order valence-corrected chi connectivity index (χ4v) is 1.25. The lowest BCUT2D eigenvalue weighted by Crippen LogP contribution is -2.51. The van der Waals surface area contributed by atoms with Gasteiger partial charge in [0.1, 0.15) is 5.54 Å². The molecule has 0 rings (SSSR count). The fourth-order valence-electron chi connectivity index (χ4n) is 1.25. The van der Waals surface area contributed by atoms with Gasteiger partial charge in [-0.15, -0.1) is 0 Å². The van der Waals surface area contributed by atoms with Crippen molar-refractivity contribution >= 4 is 11.9 Å². The van der Waals surface area contributed by atoms with Crippen molar-refractivity contribution in [3.8, 4) is 0 Å². The van der Waals surface area contributed by atoms with Crippen LogP contribution in [0.4, 0.5) is 13.2 Å². The largest absolute Gasteiger partial charge is 0.480 e. The molecule has 0 aliphatic carbocycles. The first-order valence-corrected chi connectivity index (χ1v) is 4.66. The second-order valence-corrected chi connectivity index (χ2v) is 3.79. The van der Waals surface area contributed by atoms with Gasteiger partial charge in [-0.2, -0.15) is 13.2 Å². The first-order chi connectivity index (χ1) is 7.07. The summed E-state index contributed by atoms with van der Waals surface area (Å²) in [4.78, 5) is 21.5. The van der Waals surface area contributed by atoms with Crippen molar-refractivity contribution in [3.05, 3.63) is 0 Å². The highest BCUT2D eigenvalue weighted by molar-refractivity contribution is 5.85. The predicted octanol–water partition coefficient (Wildman–Crippen LogP) is 1.70. The smallest absolute Gasteiger partial charge is 0.389 e. The number of amides is 1. The number of hydrogen-bond acceptors (Lipinski definition) is 2. The minimum Gasteiger partial charge on any atom is -0.480 e. The van der Waals surface area contributed by atoms with E-state index >= 15 is 0 Å². The van der Waals surface area contributed by atoms with Gasteiger partial charge >= 0.3 is 12.1 Å². The molecule has 16 heavy (non-hydrogen) atoms. The number of aliphatic carboxylic acids is 1. The molecule has 0 saturated heterocycles. The minimum absolute atomic E-state index is 0.262. The van der Waals surface area contributed by atoms with Crippen LogP contribution in [0.2, 0.25) is 0 Å². The Hall–Kier alpha value is -1.27. The minimum atomic E-state index is -4.31. The third kappa shape index (κ3) is 5.57. The molecule has 0 aromatic carbocycles. The molecule has 0 saturated carbocycles. The van der Waals surface area contributed by atoms with Gasteiger partial charge in [0.15, 0.2) is 0 Å². The van der Waals surface area contributed by atoms with E-state index in [-0.39, 0.29) is 12.8 Å². The van der Waals surface area contributed by atoms with Gasteiger partial charge in [-0.3, -0.25) is 4.79 Å². The Morgan fingerprint density at radius 1 is 1.25 bits per heavy atom. The Morgan fingerprint density at radius 2 is 1.75 bits per heavy atom. The summed E-state index contributed by atoms with van der Waals surface area (Å²) in [6.45, 7) is 2.30. The Balaban J connectivity index is 4.35. The van der Waals surface area contributed by atoms with Crippen molar-refractivity contribution in [2.45, 2.75) is 44.8 Å². The summed E-state index contributed by atoms with van der Waals surface area (Å²) < 4.78 is 35.6. The monoisotopic (exact) mass is 241 g/mol. The lowest BCUT2D eigenvalue weighted by atomic mass is 9.94. The number of carbonyl (C=O) groups is 2. The second kappa shape index (κ2) is 5.18. The van der Waals surface area contributed by atoms with Crippen molar-refractivity contribution < 1.29 is 27.9 Å². The third-order valence-corrected chi connectivity index (χ3v) is 2.06. The van der Waals surface area contributed by atoms with Crippen LogP contribution >= 0.6 is 0 Å². The summed E-state index contributed by atoms with van der Waals surface area (Å²) in [6, 6.07) is 0. The van der Waals surface area contributed by atoms with Gasteiger partial charge in [0.05, 0.1) is 0 Å². The maximum atomic E-state index is 11.9. The van der Waals surface area contributed by atoms with Crippen LogP contribution in [0.1, 0.15) is 33.1 Å². The standard InChI is InChI=1S/C9H14F3NO3/c1-6(14)13-8(2,7(15)16)4-3-5-9(10,11)12/h3-5H2,1-2H3,(H,13,14)(H,15,16). The normalized spacial score (nSPS) is 15.3. The Kier molecular flexibility index (Phi) is 4.77. The van der Waals surface area contributed by atoms with Gasteiger partial charge in [0.25, 0.3) is 0 Å². The number of nitrogens with one attached hydrogen (secondary N) is 1. The molecule has 1 amide bonds. The molecule has 1 unspecified atom stereocenters. The van der Waals surface area contributed by atoms with E-state index in [4.69, 9.17) is 5.11 Å². The molecule has 0 aliphatic heterocycles. The van der Waals surface area contributed by atoms with Crippen molar-refractivity contribution in [1.82, 2.24) is 5.32 Å². The Morgan fingerprint density at radius 3 is 2.06 bits per heavy atom.